The molecule has 1 amide bonds. The minimum Gasteiger partial charge on any atom is -0.383 e. The summed E-state index contributed by atoms with van der Waals surface area (Å²) >= 11 is 0. The van der Waals surface area contributed by atoms with Gasteiger partial charge in [0.2, 0.25) is 0 Å². The second-order valence-corrected chi connectivity index (χ2v) is 4.53. The average Bonchev–Trinajstić information content (AvgIpc) is 2.95. The predicted octanol–water partition coefficient (Wildman–Crippen LogP) is 1.90. The fourth-order valence-corrected chi connectivity index (χ4v) is 2.15. The number of aromatic amines is 1. The molecule has 0 radical (unpaired) electrons. The minimum absolute atomic E-state index is 0.00727. The Morgan fingerprint density at radius 2 is 1.85 bits per heavy atom. The van der Waals surface area contributed by atoms with E-state index >= 15 is 0 Å². The smallest absolute Gasteiger partial charge is 0.256 e. The predicted molar refractivity (Wildman–Crippen MR) is 78.0 cm³/mol. The van der Waals surface area contributed by atoms with Crippen LogP contribution in [0.5, 0.6) is 0 Å². The quantitative estimate of drug-likeness (QED) is 0.840. The molecule has 2 rings (SSSR count). The summed E-state index contributed by atoms with van der Waals surface area (Å²) in [6.45, 7) is 2.12. The van der Waals surface area contributed by atoms with Crippen molar-refractivity contribution >= 4 is 16.8 Å². The van der Waals surface area contributed by atoms with E-state index in [1.54, 1.807) is 19.1 Å². The monoisotopic (exact) mass is 276 g/mol. The standard InChI is InChI=1S/C15H20N2O3/c1-19-10-8-17(9-11-20-2)15(18)13-5-3-4-12-6-7-16-14(12)13/h3-7,16H,8-11H2,1-2H3. The first-order chi connectivity index (χ1) is 9.77. The van der Waals surface area contributed by atoms with Crippen LogP contribution in [0.15, 0.2) is 30.5 Å². The van der Waals surface area contributed by atoms with Crippen molar-refractivity contribution in [3.8, 4) is 0 Å². The van der Waals surface area contributed by atoms with Gasteiger partial charge in [-0.15, -0.1) is 0 Å². The van der Waals surface area contributed by atoms with Gasteiger partial charge in [-0.05, 0) is 12.1 Å². The lowest BCUT2D eigenvalue weighted by Gasteiger charge is -2.22. The van der Waals surface area contributed by atoms with Gasteiger partial charge in [0, 0.05) is 38.9 Å². The van der Waals surface area contributed by atoms with Crippen LogP contribution < -0.4 is 0 Å². The molecule has 0 unspecified atom stereocenters. The van der Waals surface area contributed by atoms with Crippen LogP contribution in [-0.2, 0) is 9.47 Å². The van der Waals surface area contributed by atoms with Crippen LogP contribution >= 0.6 is 0 Å². The number of carbonyl (C=O) groups is 1. The van der Waals surface area contributed by atoms with Crippen molar-refractivity contribution in [3.63, 3.8) is 0 Å². The highest BCUT2D eigenvalue weighted by Gasteiger charge is 2.18. The summed E-state index contributed by atoms with van der Waals surface area (Å²) in [6.07, 6.45) is 1.84. The zero-order valence-electron chi connectivity index (χ0n) is 11.9. The van der Waals surface area contributed by atoms with Crippen molar-refractivity contribution in [2.45, 2.75) is 0 Å². The number of para-hydroxylation sites is 1. The highest BCUT2D eigenvalue weighted by atomic mass is 16.5. The Balaban J connectivity index is 2.23. The maximum atomic E-state index is 12.7. The molecule has 1 aromatic carbocycles. The van der Waals surface area contributed by atoms with Gasteiger partial charge >= 0.3 is 0 Å². The maximum Gasteiger partial charge on any atom is 0.256 e. The van der Waals surface area contributed by atoms with Crippen molar-refractivity contribution in [2.75, 3.05) is 40.5 Å². The molecule has 1 aromatic heterocycles. The fourth-order valence-electron chi connectivity index (χ4n) is 2.15. The third kappa shape index (κ3) is 3.18. The third-order valence-electron chi connectivity index (χ3n) is 3.24. The van der Waals surface area contributed by atoms with E-state index in [1.807, 2.05) is 30.5 Å². The van der Waals surface area contributed by atoms with Gasteiger partial charge in [-0.3, -0.25) is 4.79 Å². The van der Waals surface area contributed by atoms with Crippen molar-refractivity contribution in [2.24, 2.45) is 0 Å². The molecule has 0 saturated carbocycles. The summed E-state index contributed by atoms with van der Waals surface area (Å²) in [5.74, 6) is -0.00727. The first kappa shape index (κ1) is 14.6. The third-order valence-corrected chi connectivity index (χ3v) is 3.24. The number of H-pyrrole nitrogens is 1. The van der Waals surface area contributed by atoms with Gasteiger partial charge in [0.1, 0.15) is 0 Å². The van der Waals surface area contributed by atoms with Gasteiger partial charge in [-0.2, -0.15) is 0 Å². The molecule has 0 bridgehead atoms. The summed E-state index contributed by atoms with van der Waals surface area (Å²) in [7, 11) is 3.26. The van der Waals surface area contributed by atoms with E-state index in [1.165, 1.54) is 0 Å². The topological polar surface area (TPSA) is 54.6 Å². The Labute approximate surface area is 118 Å². The lowest BCUT2D eigenvalue weighted by atomic mass is 10.1. The number of nitrogens with zero attached hydrogens (tertiary/aromatic N) is 1. The van der Waals surface area contributed by atoms with Crippen molar-refractivity contribution < 1.29 is 14.3 Å². The number of hydrogen-bond donors (Lipinski definition) is 1. The lowest BCUT2D eigenvalue weighted by Crippen LogP contribution is -2.36. The number of fused-ring (bicyclic) bond motifs is 1. The van der Waals surface area contributed by atoms with E-state index < -0.39 is 0 Å². The molecule has 5 heteroatoms. The molecule has 0 aliphatic carbocycles. The van der Waals surface area contributed by atoms with E-state index in [-0.39, 0.29) is 5.91 Å². The molecule has 0 spiro atoms. The molecule has 0 saturated heterocycles. The maximum absolute atomic E-state index is 12.7. The van der Waals surface area contributed by atoms with E-state index in [0.29, 0.717) is 31.9 Å². The van der Waals surface area contributed by atoms with Crippen LogP contribution in [0, 0.1) is 0 Å². The molecule has 0 aliphatic rings. The number of methoxy groups -OCH3 is 2. The first-order valence-corrected chi connectivity index (χ1v) is 6.61. The zero-order valence-corrected chi connectivity index (χ0v) is 11.9. The molecule has 0 atom stereocenters. The van der Waals surface area contributed by atoms with Crippen LogP contribution in [-0.4, -0.2) is 56.3 Å². The van der Waals surface area contributed by atoms with E-state index in [2.05, 4.69) is 4.98 Å². The van der Waals surface area contributed by atoms with Crippen molar-refractivity contribution in [1.82, 2.24) is 9.88 Å². The van der Waals surface area contributed by atoms with E-state index in [0.717, 1.165) is 10.9 Å². The van der Waals surface area contributed by atoms with E-state index in [4.69, 9.17) is 9.47 Å². The van der Waals surface area contributed by atoms with Crippen molar-refractivity contribution in [1.29, 1.82) is 0 Å². The van der Waals surface area contributed by atoms with Gasteiger partial charge in [-0.25, -0.2) is 0 Å². The Morgan fingerprint density at radius 3 is 2.50 bits per heavy atom. The summed E-state index contributed by atoms with van der Waals surface area (Å²) < 4.78 is 10.1. The van der Waals surface area contributed by atoms with Gasteiger partial charge in [0.25, 0.3) is 5.91 Å². The number of benzene rings is 1. The Morgan fingerprint density at radius 1 is 1.15 bits per heavy atom. The summed E-state index contributed by atoms with van der Waals surface area (Å²) in [6, 6.07) is 7.68. The normalized spacial score (nSPS) is 10.9. The molecule has 20 heavy (non-hydrogen) atoms. The van der Waals surface area contributed by atoms with E-state index in [9.17, 15) is 4.79 Å². The van der Waals surface area contributed by atoms with Gasteiger partial charge in [0.05, 0.1) is 24.3 Å². The number of nitrogens with one attached hydrogen (secondary N) is 1. The second kappa shape index (κ2) is 7.07. The number of aromatic nitrogens is 1. The molecule has 5 nitrogen and oxygen atoms in total. The number of carbonyl (C=O) groups excluding carboxylic acids is 1. The van der Waals surface area contributed by atoms with Gasteiger partial charge < -0.3 is 19.4 Å². The van der Waals surface area contributed by atoms with Crippen LogP contribution in [0.1, 0.15) is 10.4 Å². The lowest BCUT2D eigenvalue weighted by molar-refractivity contribution is 0.0629. The summed E-state index contributed by atoms with van der Waals surface area (Å²) in [4.78, 5) is 17.5. The van der Waals surface area contributed by atoms with Crippen molar-refractivity contribution in [3.05, 3.63) is 36.0 Å². The Bertz CT molecular complexity index is 557. The Kier molecular flexibility index (Phi) is 5.15. The molecule has 0 aliphatic heterocycles. The molecule has 1 N–H and O–H groups in total. The average molecular weight is 276 g/mol. The van der Waals surface area contributed by atoms with Gasteiger partial charge in [0.15, 0.2) is 0 Å². The summed E-state index contributed by atoms with van der Waals surface area (Å²) in [5.41, 5.74) is 1.55. The highest BCUT2D eigenvalue weighted by molar-refractivity contribution is 6.05. The molecule has 0 fully saturated rings. The van der Waals surface area contributed by atoms with Crippen LogP contribution in [0.4, 0.5) is 0 Å². The SMILES string of the molecule is COCCN(CCOC)C(=O)c1cccc2cc[nH]c12. The minimum atomic E-state index is -0.00727. The molecule has 1 heterocycles. The summed E-state index contributed by atoms with van der Waals surface area (Å²) in [5, 5.41) is 1.04. The largest absolute Gasteiger partial charge is 0.383 e. The number of rotatable bonds is 7. The number of ether oxygens (including phenoxy) is 2. The van der Waals surface area contributed by atoms with Crippen LogP contribution in [0.2, 0.25) is 0 Å². The van der Waals surface area contributed by atoms with Crippen LogP contribution in [0.3, 0.4) is 0 Å². The fraction of sp³-hybridized carbons (Fsp3) is 0.400. The van der Waals surface area contributed by atoms with Gasteiger partial charge in [-0.1, -0.05) is 12.1 Å². The molecule has 108 valence electrons. The molecular weight excluding hydrogens is 256 g/mol. The first-order valence-electron chi connectivity index (χ1n) is 6.61. The number of hydrogen-bond acceptors (Lipinski definition) is 3. The second-order valence-electron chi connectivity index (χ2n) is 4.53. The number of amides is 1. The molecule has 2 aromatic rings. The van der Waals surface area contributed by atoms with Crippen LogP contribution in [0.25, 0.3) is 10.9 Å². The highest BCUT2D eigenvalue weighted by Crippen LogP contribution is 2.18. The zero-order chi connectivity index (χ0) is 14.4. The Hall–Kier alpha value is -1.85. The molecular formula is C15H20N2O3.